The smallest absolute Gasteiger partial charge is 0.472 e. The Balaban J connectivity index is 4.52. The van der Waals surface area contributed by atoms with Crippen LogP contribution in [0.25, 0.3) is 0 Å². The quantitative estimate of drug-likeness (QED) is 0.0244. The first-order valence-corrected chi connectivity index (χ1v) is 20.7. The number of carbonyl (C=O) groups excluding carboxylic acids is 2. The molecule has 0 aromatic heterocycles. The van der Waals surface area contributed by atoms with Crippen LogP contribution in [0.1, 0.15) is 149 Å². The summed E-state index contributed by atoms with van der Waals surface area (Å²) >= 11 is 0. The molecule has 3 unspecified atom stereocenters. The summed E-state index contributed by atoms with van der Waals surface area (Å²) in [6.07, 6.45) is 36.1. The molecule has 0 spiro atoms. The number of carboxylic acid groups (broad SMARTS) is 1. The van der Waals surface area contributed by atoms with Gasteiger partial charge in [0.25, 0.3) is 0 Å². The highest BCUT2D eigenvalue weighted by atomic mass is 31.2. The van der Waals surface area contributed by atoms with Crippen molar-refractivity contribution in [2.75, 3.05) is 19.8 Å². The fourth-order valence-corrected chi connectivity index (χ4v) is 5.60. The van der Waals surface area contributed by atoms with Crippen LogP contribution >= 0.6 is 7.82 Å². The maximum Gasteiger partial charge on any atom is 0.472 e. The molecular formula is C39H68NO10P. The second kappa shape index (κ2) is 34.5. The number of esters is 2. The molecule has 294 valence electrons. The Hall–Kier alpha value is -2.56. The van der Waals surface area contributed by atoms with E-state index in [0.717, 1.165) is 57.8 Å². The molecule has 3 atom stereocenters. The molecule has 11 nitrogen and oxygen atoms in total. The summed E-state index contributed by atoms with van der Waals surface area (Å²) in [4.78, 5) is 45.7. The maximum atomic E-state index is 12.5. The average Bonchev–Trinajstić information content (AvgIpc) is 3.10. The average molecular weight is 742 g/mol. The third kappa shape index (κ3) is 34.3. The number of hydrogen-bond donors (Lipinski definition) is 3. The third-order valence-electron chi connectivity index (χ3n) is 7.84. The summed E-state index contributed by atoms with van der Waals surface area (Å²) < 4.78 is 32.5. The van der Waals surface area contributed by atoms with Gasteiger partial charge in [-0.3, -0.25) is 23.4 Å². The summed E-state index contributed by atoms with van der Waals surface area (Å²) in [6, 6.07) is -1.53. The SMILES string of the molecule is CC/C=C\C/C=C\C/C=C\C/C=C\CCCCC(=O)OC(COC(=O)CCCCCCCCCCCCCC)COP(=O)(O)OCC(N)C(=O)O. The van der Waals surface area contributed by atoms with Gasteiger partial charge in [-0.25, -0.2) is 4.57 Å². The van der Waals surface area contributed by atoms with Crippen molar-refractivity contribution >= 4 is 25.7 Å². The molecule has 0 saturated carbocycles. The van der Waals surface area contributed by atoms with Gasteiger partial charge in [0.15, 0.2) is 6.10 Å². The standard InChI is InChI=1S/C39H68NO10P/c1-3-5-7-9-11-13-15-17-18-19-21-23-25-27-29-31-38(42)50-35(33-48-51(45,46)49-34-36(40)39(43)44)32-47-37(41)30-28-26-24-22-20-16-14-12-10-8-6-4-2/h5,7,11,13,17-18,21,23,35-36H,3-4,6,8-10,12,14-16,19-20,22,24-34,40H2,1-2H3,(H,43,44)(H,45,46)/b7-5-,13-11-,18-17-,23-21-. The van der Waals surface area contributed by atoms with E-state index in [1.54, 1.807) is 0 Å². The number of unbranched alkanes of at least 4 members (excludes halogenated alkanes) is 13. The third-order valence-corrected chi connectivity index (χ3v) is 8.79. The second-order valence-electron chi connectivity index (χ2n) is 12.7. The van der Waals surface area contributed by atoms with E-state index in [4.69, 9.17) is 24.8 Å². The Morgan fingerprint density at radius 3 is 1.65 bits per heavy atom. The molecule has 0 aliphatic heterocycles. The molecular weight excluding hydrogens is 673 g/mol. The van der Waals surface area contributed by atoms with Crippen molar-refractivity contribution < 1.29 is 47.5 Å². The number of hydrogen-bond acceptors (Lipinski definition) is 9. The fraction of sp³-hybridized carbons (Fsp3) is 0.718. The van der Waals surface area contributed by atoms with Gasteiger partial charge in [-0.2, -0.15) is 0 Å². The summed E-state index contributed by atoms with van der Waals surface area (Å²) in [5.74, 6) is -2.44. The number of carbonyl (C=O) groups is 3. The molecule has 51 heavy (non-hydrogen) atoms. The molecule has 0 bridgehead atoms. The Labute approximate surface area is 307 Å². The zero-order valence-corrected chi connectivity index (χ0v) is 32.3. The predicted molar refractivity (Wildman–Crippen MR) is 203 cm³/mol. The number of ether oxygens (including phenoxy) is 2. The van der Waals surface area contributed by atoms with E-state index in [0.29, 0.717) is 12.8 Å². The van der Waals surface area contributed by atoms with E-state index >= 15 is 0 Å². The normalized spacial score (nSPS) is 14.4. The summed E-state index contributed by atoms with van der Waals surface area (Å²) in [5.41, 5.74) is 5.31. The van der Waals surface area contributed by atoms with Crippen molar-refractivity contribution in [1.82, 2.24) is 0 Å². The lowest BCUT2D eigenvalue weighted by atomic mass is 10.0. The van der Waals surface area contributed by atoms with Gasteiger partial charge in [-0.15, -0.1) is 0 Å². The van der Waals surface area contributed by atoms with Crippen molar-refractivity contribution in [3.05, 3.63) is 48.6 Å². The summed E-state index contributed by atoms with van der Waals surface area (Å²) in [5, 5.41) is 8.86. The van der Waals surface area contributed by atoms with E-state index in [1.165, 1.54) is 51.4 Å². The van der Waals surface area contributed by atoms with Crippen molar-refractivity contribution in [3.63, 3.8) is 0 Å². The van der Waals surface area contributed by atoms with Gasteiger partial charge in [-0.1, -0.05) is 133 Å². The van der Waals surface area contributed by atoms with Crippen LogP contribution in [0.3, 0.4) is 0 Å². The number of phosphoric ester groups is 1. The fourth-order valence-electron chi connectivity index (χ4n) is 4.82. The first-order valence-electron chi connectivity index (χ1n) is 19.2. The van der Waals surface area contributed by atoms with Crippen LogP contribution in [0.2, 0.25) is 0 Å². The monoisotopic (exact) mass is 741 g/mol. The number of carboxylic acids is 1. The molecule has 0 fully saturated rings. The van der Waals surface area contributed by atoms with Crippen LogP contribution in [0.15, 0.2) is 48.6 Å². The highest BCUT2D eigenvalue weighted by Crippen LogP contribution is 2.43. The molecule has 0 saturated heterocycles. The molecule has 0 aromatic carbocycles. The van der Waals surface area contributed by atoms with E-state index in [1.807, 2.05) is 0 Å². The molecule has 0 aliphatic carbocycles. The number of rotatable bonds is 35. The topological polar surface area (TPSA) is 172 Å². The molecule has 0 aromatic rings. The van der Waals surface area contributed by atoms with Crippen molar-refractivity contribution in [2.24, 2.45) is 5.73 Å². The van der Waals surface area contributed by atoms with Gasteiger partial charge in [0.05, 0.1) is 13.2 Å². The zero-order chi connectivity index (χ0) is 37.8. The minimum absolute atomic E-state index is 0.109. The molecule has 0 rings (SSSR count). The highest BCUT2D eigenvalue weighted by Gasteiger charge is 2.28. The predicted octanol–water partition coefficient (Wildman–Crippen LogP) is 9.44. The van der Waals surface area contributed by atoms with E-state index < -0.39 is 51.1 Å². The van der Waals surface area contributed by atoms with Crippen LogP contribution in [0.4, 0.5) is 0 Å². The van der Waals surface area contributed by atoms with Crippen LogP contribution in [-0.2, 0) is 37.5 Å². The van der Waals surface area contributed by atoms with Gasteiger partial charge in [0.1, 0.15) is 12.6 Å². The van der Waals surface area contributed by atoms with Gasteiger partial charge < -0.3 is 25.2 Å². The number of nitrogens with two attached hydrogens (primary N) is 1. The van der Waals surface area contributed by atoms with Crippen molar-refractivity contribution in [2.45, 2.75) is 161 Å². The van der Waals surface area contributed by atoms with Gasteiger partial charge in [0, 0.05) is 12.8 Å². The zero-order valence-electron chi connectivity index (χ0n) is 31.4. The number of allylic oxidation sites excluding steroid dienone is 8. The Morgan fingerprint density at radius 1 is 0.627 bits per heavy atom. The number of phosphoric acid groups is 1. The lowest BCUT2D eigenvalue weighted by Crippen LogP contribution is -2.34. The minimum atomic E-state index is -4.72. The second-order valence-corrected chi connectivity index (χ2v) is 14.1. The minimum Gasteiger partial charge on any atom is -0.480 e. The Bertz CT molecular complexity index is 1060. The molecule has 0 aliphatic rings. The van der Waals surface area contributed by atoms with Crippen molar-refractivity contribution in [3.8, 4) is 0 Å². The van der Waals surface area contributed by atoms with Crippen LogP contribution < -0.4 is 5.73 Å². The lowest BCUT2D eigenvalue weighted by molar-refractivity contribution is -0.161. The molecule has 0 heterocycles. The van der Waals surface area contributed by atoms with Crippen LogP contribution in [0.5, 0.6) is 0 Å². The molecule has 0 amide bonds. The highest BCUT2D eigenvalue weighted by molar-refractivity contribution is 7.47. The Kier molecular flexibility index (Phi) is 32.8. The molecule has 0 radical (unpaired) electrons. The van der Waals surface area contributed by atoms with Crippen LogP contribution in [0, 0.1) is 0 Å². The molecule has 12 heteroatoms. The van der Waals surface area contributed by atoms with Gasteiger partial charge >= 0.3 is 25.7 Å². The van der Waals surface area contributed by atoms with E-state index in [9.17, 15) is 23.8 Å². The van der Waals surface area contributed by atoms with Crippen molar-refractivity contribution in [1.29, 1.82) is 0 Å². The maximum absolute atomic E-state index is 12.5. The largest absolute Gasteiger partial charge is 0.480 e. The first kappa shape index (κ1) is 48.4. The van der Waals surface area contributed by atoms with Crippen LogP contribution in [-0.4, -0.2) is 59.9 Å². The van der Waals surface area contributed by atoms with Gasteiger partial charge in [0.2, 0.25) is 0 Å². The lowest BCUT2D eigenvalue weighted by Gasteiger charge is -2.20. The summed E-state index contributed by atoms with van der Waals surface area (Å²) in [6.45, 7) is 2.62. The first-order chi connectivity index (χ1) is 24.6. The Morgan fingerprint density at radius 2 is 1.10 bits per heavy atom. The number of aliphatic carboxylic acids is 1. The van der Waals surface area contributed by atoms with Gasteiger partial charge in [-0.05, 0) is 51.4 Å². The van der Waals surface area contributed by atoms with E-state index in [2.05, 4.69) is 67.0 Å². The molecule has 4 N–H and O–H groups in total. The van der Waals surface area contributed by atoms with E-state index in [-0.39, 0.29) is 19.4 Å². The summed E-state index contributed by atoms with van der Waals surface area (Å²) in [7, 11) is -4.72.